The van der Waals surface area contributed by atoms with Gasteiger partial charge in [-0.1, -0.05) is 13.3 Å². The average Bonchev–Trinajstić information content (AvgIpc) is 2.81. The topological polar surface area (TPSA) is 55.6 Å². The van der Waals surface area contributed by atoms with Crippen molar-refractivity contribution >= 4 is 0 Å². The van der Waals surface area contributed by atoms with E-state index in [-0.39, 0.29) is 0 Å². The molecule has 0 aliphatic heterocycles. The molecule has 1 N–H and O–H groups in total. The highest BCUT2D eigenvalue weighted by atomic mass is 15.3. The van der Waals surface area contributed by atoms with Crippen LogP contribution in [-0.4, -0.2) is 26.3 Å². The second-order valence-electron chi connectivity index (χ2n) is 5.26. The van der Waals surface area contributed by atoms with E-state index >= 15 is 0 Å². The number of hydrogen-bond donors (Lipinski definition) is 1. The van der Waals surface area contributed by atoms with E-state index in [1.54, 1.807) is 12.4 Å². The average molecular weight is 271 g/mol. The number of fused-ring (bicyclic) bond motifs is 1. The molecule has 0 saturated heterocycles. The van der Waals surface area contributed by atoms with Gasteiger partial charge in [0.1, 0.15) is 0 Å². The van der Waals surface area contributed by atoms with Gasteiger partial charge in [-0.25, -0.2) is 14.6 Å². The molecule has 1 aliphatic carbocycles. The normalized spacial score (nSPS) is 18.6. The third-order valence-electron chi connectivity index (χ3n) is 3.82. The standard InChI is InChI=1S/C15H21N5/c1-2-8-16-13-6-3-4-7-14-12(13)11-19-20(14)15-17-9-5-10-18-15/h5,9-11,13,16H,2-4,6-8H2,1H3. The molecular weight excluding hydrogens is 250 g/mol. The molecule has 0 bridgehead atoms. The molecule has 20 heavy (non-hydrogen) atoms. The van der Waals surface area contributed by atoms with Crippen LogP contribution in [0.1, 0.15) is 49.9 Å². The minimum atomic E-state index is 0.421. The minimum Gasteiger partial charge on any atom is -0.310 e. The summed E-state index contributed by atoms with van der Waals surface area (Å²) >= 11 is 0. The molecule has 1 atom stereocenters. The smallest absolute Gasteiger partial charge is 0.250 e. The molecule has 0 saturated carbocycles. The van der Waals surface area contributed by atoms with Crippen molar-refractivity contribution in [3.05, 3.63) is 35.9 Å². The van der Waals surface area contributed by atoms with Gasteiger partial charge in [0, 0.05) is 24.0 Å². The van der Waals surface area contributed by atoms with E-state index in [0.717, 1.165) is 19.4 Å². The quantitative estimate of drug-likeness (QED) is 0.868. The highest BCUT2D eigenvalue weighted by molar-refractivity contribution is 5.28. The van der Waals surface area contributed by atoms with Crippen LogP contribution in [0.3, 0.4) is 0 Å². The molecule has 0 radical (unpaired) electrons. The van der Waals surface area contributed by atoms with Gasteiger partial charge in [-0.05, 0) is 38.3 Å². The molecule has 0 spiro atoms. The summed E-state index contributed by atoms with van der Waals surface area (Å²) in [4.78, 5) is 8.63. The molecular formula is C15H21N5. The van der Waals surface area contributed by atoms with E-state index in [1.807, 2.05) is 16.9 Å². The third kappa shape index (κ3) is 2.58. The van der Waals surface area contributed by atoms with Crippen molar-refractivity contribution in [3.8, 4) is 5.95 Å². The van der Waals surface area contributed by atoms with Gasteiger partial charge in [-0.3, -0.25) is 0 Å². The SMILES string of the molecule is CCCNC1CCCCc2c1cnn2-c1ncccn1. The van der Waals surface area contributed by atoms with Crippen LogP contribution in [-0.2, 0) is 6.42 Å². The monoisotopic (exact) mass is 271 g/mol. The van der Waals surface area contributed by atoms with Crippen molar-refractivity contribution in [2.24, 2.45) is 0 Å². The predicted molar refractivity (Wildman–Crippen MR) is 77.7 cm³/mol. The van der Waals surface area contributed by atoms with Gasteiger partial charge in [0.05, 0.1) is 11.9 Å². The molecule has 2 heterocycles. The molecule has 2 aromatic rings. The van der Waals surface area contributed by atoms with Gasteiger partial charge in [0.2, 0.25) is 0 Å². The molecule has 0 aromatic carbocycles. The molecule has 5 nitrogen and oxygen atoms in total. The summed E-state index contributed by atoms with van der Waals surface area (Å²) in [6.07, 6.45) is 11.4. The van der Waals surface area contributed by atoms with E-state index in [0.29, 0.717) is 12.0 Å². The van der Waals surface area contributed by atoms with E-state index in [9.17, 15) is 0 Å². The number of hydrogen-bond acceptors (Lipinski definition) is 4. The van der Waals surface area contributed by atoms with E-state index < -0.39 is 0 Å². The summed E-state index contributed by atoms with van der Waals surface area (Å²) in [6.45, 7) is 3.25. The summed E-state index contributed by atoms with van der Waals surface area (Å²) in [5.74, 6) is 0.671. The second kappa shape index (κ2) is 6.13. The molecule has 5 heteroatoms. The molecule has 106 valence electrons. The van der Waals surface area contributed by atoms with Crippen molar-refractivity contribution in [2.45, 2.75) is 45.1 Å². The fourth-order valence-electron chi connectivity index (χ4n) is 2.83. The van der Waals surface area contributed by atoms with Crippen LogP contribution in [0.2, 0.25) is 0 Å². The first-order chi connectivity index (χ1) is 9.90. The second-order valence-corrected chi connectivity index (χ2v) is 5.26. The summed E-state index contributed by atoms with van der Waals surface area (Å²) in [7, 11) is 0. The van der Waals surface area contributed by atoms with Crippen LogP contribution < -0.4 is 5.32 Å². The van der Waals surface area contributed by atoms with Crippen molar-refractivity contribution in [3.63, 3.8) is 0 Å². The lowest BCUT2D eigenvalue weighted by molar-refractivity contribution is 0.489. The van der Waals surface area contributed by atoms with Gasteiger partial charge >= 0.3 is 0 Å². The summed E-state index contributed by atoms with van der Waals surface area (Å²) in [5.41, 5.74) is 2.59. The van der Waals surface area contributed by atoms with Crippen LogP contribution >= 0.6 is 0 Å². The van der Waals surface area contributed by atoms with Crippen LogP contribution in [0.4, 0.5) is 0 Å². The van der Waals surface area contributed by atoms with Crippen molar-refractivity contribution in [1.29, 1.82) is 0 Å². The Morgan fingerprint density at radius 2 is 2.15 bits per heavy atom. The maximum absolute atomic E-state index is 4.52. The maximum atomic E-state index is 4.52. The number of rotatable bonds is 4. The first-order valence-electron chi connectivity index (χ1n) is 7.47. The van der Waals surface area contributed by atoms with Gasteiger partial charge in [0.15, 0.2) is 0 Å². The van der Waals surface area contributed by atoms with E-state index in [4.69, 9.17) is 0 Å². The highest BCUT2D eigenvalue weighted by Gasteiger charge is 2.23. The summed E-state index contributed by atoms with van der Waals surface area (Å²) < 4.78 is 1.90. The van der Waals surface area contributed by atoms with Crippen LogP contribution in [0.5, 0.6) is 0 Å². The first kappa shape index (κ1) is 13.2. The summed E-state index contributed by atoms with van der Waals surface area (Å²) in [6, 6.07) is 2.25. The Labute approximate surface area is 119 Å². The Balaban J connectivity index is 1.94. The maximum Gasteiger partial charge on any atom is 0.250 e. The van der Waals surface area contributed by atoms with Gasteiger partial charge < -0.3 is 5.32 Å². The lowest BCUT2D eigenvalue weighted by Gasteiger charge is -2.16. The molecule has 2 aromatic heterocycles. The number of nitrogens with one attached hydrogen (secondary N) is 1. The van der Waals surface area contributed by atoms with Gasteiger partial charge in [-0.15, -0.1) is 0 Å². The summed E-state index contributed by atoms with van der Waals surface area (Å²) in [5, 5.41) is 8.16. The molecule has 0 fully saturated rings. The fourth-order valence-corrected chi connectivity index (χ4v) is 2.83. The van der Waals surface area contributed by atoms with E-state index in [2.05, 4.69) is 27.3 Å². The molecule has 1 unspecified atom stereocenters. The third-order valence-corrected chi connectivity index (χ3v) is 3.82. The molecule has 0 amide bonds. The first-order valence-corrected chi connectivity index (χ1v) is 7.47. The highest BCUT2D eigenvalue weighted by Crippen LogP contribution is 2.29. The zero-order chi connectivity index (χ0) is 13.8. The van der Waals surface area contributed by atoms with Crippen LogP contribution in [0.25, 0.3) is 5.95 Å². The Morgan fingerprint density at radius 1 is 1.30 bits per heavy atom. The Bertz CT molecular complexity index is 549. The Morgan fingerprint density at radius 3 is 2.95 bits per heavy atom. The lowest BCUT2D eigenvalue weighted by atomic mass is 10.1. The Kier molecular flexibility index (Phi) is 4.06. The van der Waals surface area contributed by atoms with Crippen molar-refractivity contribution in [2.75, 3.05) is 6.54 Å². The van der Waals surface area contributed by atoms with Gasteiger partial charge in [-0.2, -0.15) is 5.10 Å². The van der Waals surface area contributed by atoms with Crippen molar-refractivity contribution < 1.29 is 0 Å². The van der Waals surface area contributed by atoms with Crippen LogP contribution in [0, 0.1) is 0 Å². The fraction of sp³-hybridized carbons (Fsp3) is 0.533. The Hall–Kier alpha value is -1.75. The number of nitrogens with zero attached hydrogens (tertiary/aromatic N) is 4. The van der Waals surface area contributed by atoms with Crippen molar-refractivity contribution in [1.82, 2.24) is 25.1 Å². The predicted octanol–water partition coefficient (Wildman–Crippen LogP) is 2.43. The van der Waals surface area contributed by atoms with Crippen LogP contribution in [0.15, 0.2) is 24.7 Å². The van der Waals surface area contributed by atoms with Gasteiger partial charge in [0.25, 0.3) is 5.95 Å². The largest absolute Gasteiger partial charge is 0.310 e. The van der Waals surface area contributed by atoms with E-state index in [1.165, 1.54) is 30.5 Å². The molecule has 3 rings (SSSR count). The zero-order valence-electron chi connectivity index (χ0n) is 11.9. The number of aromatic nitrogens is 4. The lowest BCUT2D eigenvalue weighted by Crippen LogP contribution is -2.22. The molecule has 1 aliphatic rings. The minimum absolute atomic E-state index is 0.421. The zero-order valence-corrected chi connectivity index (χ0v) is 11.9.